The Labute approximate surface area is 140 Å². The first-order valence-corrected chi connectivity index (χ1v) is 10.0. The van der Waals surface area contributed by atoms with Crippen molar-refractivity contribution >= 4 is 9.84 Å². The summed E-state index contributed by atoms with van der Waals surface area (Å²) in [7, 11) is -3.36. The molecule has 1 aromatic rings. The second kappa shape index (κ2) is 7.32. The van der Waals surface area contributed by atoms with Crippen LogP contribution in [0.2, 0.25) is 0 Å². The van der Waals surface area contributed by atoms with Crippen LogP contribution in [-0.2, 0) is 16.4 Å². The summed E-state index contributed by atoms with van der Waals surface area (Å²) in [6, 6.07) is 7.53. The van der Waals surface area contributed by atoms with Crippen LogP contribution in [0.15, 0.2) is 29.2 Å². The third-order valence-electron chi connectivity index (χ3n) is 4.23. The minimum absolute atomic E-state index is 0.222. The second-order valence-electron chi connectivity index (χ2n) is 7.78. The van der Waals surface area contributed by atoms with Crippen molar-refractivity contribution in [3.8, 4) is 0 Å². The Balaban J connectivity index is 1.95. The average molecular weight is 340 g/mol. The van der Waals surface area contributed by atoms with Crippen molar-refractivity contribution in [3.63, 3.8) is 0 Å². The Bertz CT molecular complexity index is 598. The van der Waals surface area contributed by atoms with Crippen LogP contribution >= 0.6 is 0 Å². The van der Waals surface area contributed by atoms with Gasteiger partial charge >= 0.3 is 0 Å². The highest BCUT2D eigenvalue weighted by atomic mass is 32.2. The smallest absolute Gasteiger partial charge is 0.180 e. The number of aliphatic hydroxyl groups excluding tert-OH is 1. The molecule has 0 bridgehead atoms. The van der Waals surface area contributed by atoms with Gasteiger partial charge in [0.15, 0.2) is 9.84 Å². The molecule has 0 amide bonds. The van der Waals surface area contributed by atoms with E-state index in [2.05, 4.69) is 26.1 Å². The van der Waals surface area contributed by atoms with Crippen LogP contribution in [0.3, 0.4) is 0 Å². The molecule has 0 aromatic heterocycles. The molecular formula is C18H29NO3S. The molecule has 130 valence electrons. The van der Waals surface area contributed by atoms with Crippen LogP contribution in [0.25, 0.3) is 0 Å². The Morgan fingerprint density at radius 1 is 1.22 bits per heavy atom. The molecule has 2 N–H and O–H groups in total. The van der Waals surface area contributed by atoms with E-state index in [1.165, 1.54) is 12.8 Å². The number of aliphatic hydroxyl groups is 1. The zero-order valence-electron chi connectivity index (χ0n) is 14.4. The molecule has 1 saturated carbocycles. The highest BCUT2D eigenvalue weighted by molar-refractivity contribution is 7.91. The van der Waals surface area contributed by atoms with Crippen molar-refractivity contribution in [1.82, 2.24) is 5.32 Å². The first-order valence-electron chi connectivity index (χ1n) is 8.37. The van der Waals surface area contributed by atoms with Gasteiger partial charge in [-0.15, -0.1) is 0 Å². The van der Waals surface area contributed by atoms with E-state index in [4.69, 9.17) is 5.11 Å². The van der Waals surface area contributed by atoms with E-state index in [0.717, 1.165) is 24.4 Å². The lowest BCUT2D eigenvalue weighted by molar-refractivity contribution is 0.287. The predicted molar refractivity (Wildman–Crippen MR) is 93.0 cm³/mol. The summed E-state index contributed by atoms with van der Waals surface area (Å²) in [5, 5.41) is 12.5. The molecule has 0 unspecified atom stereocenters. The van der Waals surface area contributed by atoms with Gasteiger partial charge in [0.2, 0.25) is 0 Å². The van der Waals surface area contributed by atoms with Crippen LogP contribution in [0.1, 0.15) is 45.6 Å². The molecule has 0 aliphatic heterocycles. The Kier molecular flexibility index (Phi) is 5.87. The number of sulfone groups is 1. The predicted octanol–water partition coefficient (Wildman–Crippen LogP) is 2.76. The van der Waals surface area contributed by atoms with Gasteiger partial charge in [-0.25, -0.2) is 8.42 Å². The molecule has 1 aromatic carbocycles. The largest absolute Gasteiger partial charge is 0.395 e. The lowest BCUT2D eigenvalue weighted by atomic mass is 9.86. The number of rotatable bonds is 8. The van der Waals surface area contributed by atoms with Crippen LogP contribution in [0.4, 0.5) is 0 Å². The number of hydrogen-bond donors (Lipinski definition) is 2. The van der Waals surface area contributed by atoms with Gasteiger partial charge in [-0.2, -0.15) is 0 Å². The minimum atomic E-state index is -3.36. The third-order valence-corrected chi connectivity index (χ3v) is 5.94. The van der Waals surface area contributed by atoms with E-state index in [1.54, 1.807) is 12.1 Å². The third kappa shape index (κ3) is 5.90. The highest BCUT2D eigenvalue weighted by Gasteiger charge is 2.33. The molecular weight excluding hydrogens is 310 g/mol. The van der Waals surface area contributed by atoms with E-state index in [9.17, 15) is 8.42 Å². The SMILES string of the molecule is CC(C)(C)C[C@@H](NCc1ccc(S(=O)(=O)CCO)cc1)C1CC1. The zero-order valence-corrected chi connectivity index (χ0v) is 15.2. The fraction of sp³-hybridized carbons (Fsp3) is 0.667. The molecule has 1 aliphatic rings. The molecule has 0 heterocycles. The van der Waals surface area contributed by atoms with Crippen molar-refractivity contribution < 1.29 is 13.5 Å². The topological polar surface area (TPSA) is 66.4 Å². The first-order chi connectivity index (χ1) is 10.7. The molecule has 0 spiro atoms. The molecule has 2 rings (SSSR count). The van der Waals surface area contributed by atoms with Crippen molar-refractivity contribution in [2.24, 2.45) is 11.3 Å². The standard InChI is InChI=1S/C18H29NO3S/c1-18(2,3)12-17(15-6-7-15)19-13-14-4-8-16(9-5-14)23(21,22)11-10-20/h4-5,8-9,15,17,19-20H,6-7,10-13H2,1-3H3/t17-/m1/s1. The van der Waals surface area contributed by atoms with Crippen LogP contribution < -0.4 is 5.32 Å². The summed E-state index contributed by atoms with van der Waals surface area (Å²) in [6.45, 7) is 7.22. The molecule has 23 heavy (non-hydrogen) atoms. The lowest BCUT2D eigenvalue weighted by Crippen LogP contribution is -2.34. The molecule has 1 atom stereocenters. The Hall–Kier alpha value is -0.910. The van der Waals surface area contributed by atoms with Gasteiger partial charge in [0.25, 0.3) is 0 Å². The first kappa shape index (κ1) is 18.4. The van der Waals surface area contributed by atoms with E-state index >= 15 is 0 Å². The average Bonchev–Trinajstić information content (AvgIpc) is 3.27. The monoisotopic (exact) mass is 339 g/mol. The van der Waals surface area contributed by atoms with E-state index < -0.39 is 9.84 Å². The molecule has 0 radical (unpaired) electrons. The van der Waals surface area contributed by atoms with Crippen LogP contribution in [0.5, 0.6) is 0 Å². The van der Waals surface area contributed by atoms with Crippen molar-refractivity contribution in [1.29, 1.82) is 0 Å². The Morgan fingerprint density at radius 2 is 1.83 bits per heavy atom. The molecule has 0 saturated heterocycles. The highest BCUT2D eigenvalue weighted by Crippen LogP contribution is 2.37. The van der Waals surface area contributed by atoms with Crippen molar-refractivity contribution in [3.05, 3.63) is 29.8 Å². The number of hydrogen-bond acceptors (Lipinski definition) is 4. The number of benzene rings is 1. The van der Waals surface area contributed by atoms with E-state index in [1.807, 2.05) is 12.1 Å². The maximum atomic E-state index is 11.9. The zero-order chi connectivity index (χ0) is 17.1. The Morgan fingerprint density at radius 3 is 2.30 bits per heavy atom. The summed E-state index contributed by atoms with van der Waals surface area (Å²) in [5.74, 6) is 0.568. The van der Waals surface area contributed by atoms with Gasteiger partial charge < -0.3 is 10.4 Å². The molecule has 1 aliphatic carbocycles. The van der Waals surface area contributed by atoms with Gasteiger partial charge in [0.1, 0.15) is 0 Å². The van der Waals surface area contributed by atoms with E-state index in [0.29, 0.717) is 11.5 Å². The normalized spacial score (nSPS) is 17.2. The van der Waals surface area contributed by atoms with Gasteiger partial charge in [0, 0.05) is 12.6 Å². The molecule has 4 nitrogen and oxygen atoms in total. The van der Waals surface area contributed by atoms with Crippen LogP contribution in [-0.4, -0.2) is 31.9 Å². The summed E-state index contributed by atoms with van der Waals surface area (Å²) >= 11 is 0. The molecule has 5 heteroatoms. The summed E-state index contributed by atoms with van der Waals surface area (Å²) in [5.41, 5.74) is 1.40. The van der Waals surface area contributed by atoms with Crippen molar-refractivity contribution in [2.45, 2.75) is 57.5 Å². The fourth-order valence-electron chi connectivity index (χ4n) is 2.87. The second-order valence-corrected chi connectivity index (χ2v) is 9.89. The van der Waals surface area contributed by atoms with E-state index in [-0.39, 0.29) is 17.3 Å². The summed E-state index contributed by atoms with van der Waals surface area (Å²) < 4.78 is 23.8. The fourth-order valence-corrected chi connectivity index (χ4v) is 3.89. The lowest BCUT2D eigenvalue weighted by Gasteiger charge is -2.27. The quantitative estimate of drug-likeness (QED) is 0.764. The minimum Gasteiger partial charge on any atom is -0.395 e. The van der Waals surface area contributed by atoms with Gasteiger partial charge in [-0.1, -0.05) is 32.9 Å². The van der Waals surface area contributed by atoms with Gasteiger partial charge in [-0.3, -0.25) is 0 Å². The maximum absolute atomic E-state index is 11.9. The summed E-state index contributed by atoms with van der Waals surface area (Å²) in [4.78, 5) is 0.281. The maximum Gasteiger partial charge on any atom is 0.180 e. The van der Waals surface area contributed by atoms with Gasteiger partial charge in [-0.05, 0) is 48.3 Å². The summed E-state index contributed by atoms with van der Waals surface area (Å²) in [6.07, 6.45) is 3.78. The number of nitrogens with one attached hydrogen (secondary N) is 1. The van der Waals surface area contributed by atoms with Crippen molar-refractivity contribution in [2.75, 3.05) is 12.4 Å². The van der Waals surface area contributed by atoms with Gasteiger partial charge in [0.05, 0.1) is 17.3 Å². The van der Waals surface area contributed by atoms with Crippen LogP contribution in [0, 0.1) is 11.3 Å². The molecule has 1 fully saturated rings.